The lowest BCUT2D eigenvalue weighted by Gasteiger charge is -2.12. The molecule has 1 aliphatic rings. The highest BCUT2D eigenvalue weighted by atomic mass is 35.5. The zero-order valence-corrected chi connectivity index (χ0v) is 15.9. The Kier molecular flexibility index (Phi) is 5.21. The molecular formula is C21H20ClN3O3. The number of carbonyl (C=O) groups excluding carboxylic acids is 2. The van der Waals surface area contributed by atoms with Gasteiger partial charge in [0.25, 0.3) is 0 Å². The summed E-state index contributed by atoms with van der Waals surface area (Å²) in [6.07, 6.45) is 2.75. The molecule has 1 atom stereocenters. The molecule has 4 rings (SSSR count). The van der Waals surface area contributed by atoms with Crippen LogP contribution in [0.25, 0.3) is 10.9 Å². The number of hydrogen-bond acceptors (Lipinski definition) is 3. The maximum atomic E-state index is 12.4. The molecule has 0 saturated heterocycles. The Bertz CT molecular complexity index is 1030. The predicted octanol–water partition coefficient (Wildman–Crippen LogP) is 3.52. The van der Waals surface area contributed by atoms with Crippen molar-refractivity contribution in [1.29, 1.82) is 0 Å². The van der Waals surface area contributed by atoms with Crippen molar-refractivity contribution in [2.75, 3.05) is 18.5 Å². The van der Waals surface area contributed by atoms with E-state index in [9.17, 15) is 9.59 Å². The number of ether oxygens (including phenoxy) is 1. The van der Waals surface area contributed by atoms with Gasteiger partial charge in [-0.2, -0.15) is 0 Å². The lowest BCUT2D eigenvalue weighted by molar-refractivity contribution is -0.128. The molecule has 6 nitrogen and oxygen atoms in total. The molecule has 0 bridgehead atoms. The summed E-state index contributed by atoms with van der Waals surface area (Å²) in [6.45, 7) is 0.640. The number of hydrogen-bond donors (Lipinski definition) is 3. The van der Waals surface area contributed by atoms with Crippen molar-refractivity contribution in [3.8, 4) is 5.75 Å². The SMILES string of the molecule is O=C(CC1COc2cc(Cl)ccc2NC1=O)NCCc1c[nH]c2ccccc12. The highest BCUT2D eigenvalue weighted by Gasteiger charge is 2.27. The van der Waals surface area contributed by atoms with Gasteiger partial charge in [0.2, 0.25) is 11.8 Å². The van der Waals surface area contributed by atoms with Crippen molar-refractivity contribution in [2.24, 2.45) is 5.92 Å². The molecule has 3 N–H and O–H groups in total. The van der Waals surface area contributed by atoms with Crippen molar-refractivity contribution < 1.29 is 14.3 Å². The summed E-state index contributed by atoms with van der Waals surface area (Å²) < 4.78 is 5.67. The molecule has 2 heterocycles. The van der Waals surface area contributed by atoms with Crippen LogP contribution in [-0.4, -0.2) is 29.9 Å². The van der Waals surface area contributed by atoms with Gasteiger partial charge in [-0.05, 0) is 30.2 Å². The first-order valence-electron chi connectivity index (χ1n) is 9.15. The number of anilines is 1. The van der Waals surface area contributed by atoms with Crippen LogP contribution in [0.3, 0.4) is 0 Å². The first-order valence-corrected chi connectivity index (χ1v) is 9.53. The van der Waals surface area contributed by atoms with E-state index in [2.05, 4.69) is 21.7 Å². The van der Waals surface area contributed by atoms with Crippen molar-refractivity contribution in [3.63, 3.8) is 0 Å². The van der Waals surface area contributed by atoms with Gasteiger partial charge in [0, 0.05) is 41.2 Å². The highest BCUT2D eigenvalue weighted by Crippen LogP contribution is 2.31. The molecule has 0 saturated carbocycles. The predicted molar refractivity (Wildman–Crippen MR) is 109 cm³/mol. The van der Waals surface area contributed by atoms with Gasteiger partial charge in [-0.15, -0.1) is 0 Å². The molecule has 3 aromatic rings. The number of para-hydroxylation sites is 1. The largest absolute Gasteiger partial charge is 0.491 e. The molecule has 7 heteroatoms. The van der Waals surface area contributed by atoms with Crippen molar-refractivity contribution in [1.82, 2.24) is 10.3 Å². The van der Waals surface area contributed by atoms with E-state index in [1.54, 1.807) is 18.2 Å². The van der Waals surface area contributed by atoms with Crippen LogP contribution in [0.4, 0.5) is 5.69 Å². The number of aromatic nitrogens is 1. The number of aromatic amines is 1. The van der Waals surface area contributed by atoms with Gasteiger partial charge in [-0.25, -0.2) is 0 Å². The summed E-state index contributed by atoms with van der Waals surface area (Å²) in [7, 11) is 0. The van der Waals surface area contributed by atoms with E-state index in [0.717, 1.165) is 16.5 Å². The van der Waals surface area contributed by atoms with Crippen LogP contribution in [0.2, 0.25) is 5.02 Å². The second kappa shape index (κ2) is 7.94. The zero-order valence-electron chi connectivity index (χ0n) is 15.1. The molecule has 28 heavy (non-hydrogen) atoms. The minimum atomic E-state index is -0.556. The molecule has 0 radical (unpaired) electrons. The maximum absolute atomic E-state index is 12.4. The summed E-state index contributed by atoms with van der Waals surface area (Å²) in [5.74, 6) is -0.442. The Balaban J connectivity index is 1.31. The summed E-state index contributed by atoms with van der Waals surface area (Å²) in [4.78, 5) is 27.9. The average Bonchev–Trinajstić information content (AvgIpc) is 3.03. The van der Waals surface area contributed by atoms with Gasteiger partial charge in [0.1, 0.15) is 12.4 Å². The number of nitrogens with one attached hydrogen (secondary N) is 3. The molecule has 1 unspecified atom stereocenters. The third-order valence-corrected chi connectivity index (χ3v) is 5.07. The first kappa shape index (κ1) is 18.4. The van der Waals surface area contributed by atoms with Crippen molar-refractivity contribution in [3.05, 3.63) is 59.2 Å². The van der Waals surface area contributed by atoms with Crippen LogP contribution in [-0.2, 0) is 16.0 Å². The average molecular weight is 398 g/mol. The van der Waals surface area contributed by atoms with Crippen molar-refractivity contribution in [2.45, 2.75) is 12.8 Å². The molecular weight excluding hydrogens is 378 g/mol. The quantitative estimate of drug-likeness (QED) is 0.616. The maximum Gasteiger partial charge on any atom is 0.231 e. The molecule has 2 aromatic carbocycles. The molecule has 1 aromatic heterocycles. The normalized spacial score (nSPS) is 16.0. The molecule has 1 aliphatic heterocycles. The number of rotatable bonds is 5. The third kappa shape index (κ3) is 3.97. The van der Waals surface area contributed by atoms with Gasteiger partial charge in [-0.3, -0.25) is 9.59 Å². The van der Waals surface area contributed by atoms with E-state index in [-0.39, 0.29) is 24.8 Å². The topological polar surface area (TPSA) is 83.2 Å². The summed E-state index contributed by atoms with van der Waals surface area (Å²) in [6, 6.07) is 13.1. The zero-order chi connectivity index (χ0) is 19.5. The molecule has 0 fully saturated rings. The van der Waals surface area contributed by atoms with E-state index in [1.165, 1.54) is 0 Å². The van der Waals surface area contributed by atoms with E-state index in [0.29, 0.717) is 29.4 Å². The van der Waals surface area contributed by atoms with E-state index >= 15 is 0 Å². The lowest BCUT2D eigenvalue weighted by atomic mass is 10.1. The third-order valence-electron chi connectivity index (χ3n) is 4.84. The fourth-order valence-electron chi connectivity index (χ4n) is 3.34. The number of benzene rings is 2. The molecule has 2 amide bonds. The Hall–Kier alpha value is -2.99. The van der Waals surface area contributed by atoms with Crippen LogP contribution in [0.5, 0.6) is 5.75 Å². The number of H-pyrrole nitrogens is 1. The number of amides is 2. The van der Waals surface area contributed by atoms with E-state index < -0.39 is 5.92 Å². The van der Waals surface area contributed by atoms with Gasteiger partial charge in [0.05, 0.1) is 11.6 Å². The lowest BCUT2D eigenvalue weighted by Crippen LogP contribution is -2.33. The summed E-state index contributed by atoms with van der Waals surface area (Å²) in [5.41, 5.74) is 2.80. The summed E-state index contributed by atoms with van der Waals surface area (Å²) in [5, 5.41) is 7.38. The second-order valence-corrected chi connectivity index (χ2v) is 7.24. The molecule has 0 spiro atoms. The van der Waals surface area contributed by atoms with Crippen LogP contribution >= 0.6 is 11.6 Å². The smallest absolute Gasteiger partial charge is 0.231 e. The minimum Gasteiger partial charge on any atom is -0.491 e. The highest BCUT2D eigenvalue weighted by molar-refractivity contribution is 6.30. The molecule has 0 aliphatic carbocycles. The van der Waals surface area contributed by atoms with Gasteiger partial charge >= 0.3 is 0 Å². The Morgan fingerprint density at radius 2 is 2.11 bits per heavy atom. The standard InChI is InChI=1S/C21H20ClN3O3/c22-15-5-6-18-19(10-15)28-12-14(21(27)25-18)9-20(26)23-8-7-13-11-24-17-4-2-1-3-16(13)17/h1-6,10-11,14,24H,7-9,12H2,(H,23,26)(H,25,27). The Morgan fingerprint density at radius 3 is 3.00 bits per heavy atom. The monoisotopic (exact) mass is 397 g/mol. The van der Waals surface area contributed by atoms with Crippen LogP contribution in [0.15, 0.2) is 48.7 Å². The number of carbonyl (C=O) groups is 2. The van der Waals surface area contributed by atoms with E-state index in [1.807, 2.05) is 24.4 Å². The van der Waals surface area contributed by atoms with Crippen LogP contribution < -0.4 is 15.4 Å². The Labute approximate surface area is 167 Å². The number of halogens is 1. The van der Waals surface area contributed by atoms with Gasteiger partial charge in [0.15, 0.2) is 0 Å². The first-order chi connectivity index (χ1) is 13.6. The van der Waals surface area contributed by atoms with Crippen molar-refractivity contribution >= 4 is 40.0 Å². The second-order valence-electron chi connectivity index (χ2n) is 6.80. The van der Waals surface area contributed by atoms with E-state index in [4.69, 9.17) is 16.3 Å². The van der Waals surface area contributed by atoms with Gasteiger partial charge in [-0.1, -0.05) is 29.8 Å². The van der Waals surface area contributed by atoms with Crippen LogP contribution in [0, 0.1) is 5.92 Å². The fraction of sp³-hybridized carbons (Fsp3) is 0.238. The van der Waals surface area contributed by atoms with Crippen LogP contribution in [0.1, 0.15) is 12.0 Å². The minimum absolute atomic E-state index is 0.0709. The van der Waals surface area contributed by atoms with Gasteiger partial charge < -0.3 is 20.4 Å². The fourth-order valence-corrected chi connectivity index (χ4v) is 3.50. The molecule has 144 valence electrons. The Morgan fingerprint density at radius 1 is 1.25 bits per heavy atom. The number of fused-ring (bicyclic) bond motifs is 2. The summed E-state index contributed by atoms with van der Waals surface area (Å²) >= 11 is 5.96.